The molecule has 0 radical (unpaired) electrons. The molecule has 0 aliphatic heterocycles. The second-order valence-corrected chi connectivity index (χ2v) is 44.7. The van der Waals surface area contributed by atoms with Gasteiger partial charge in [0, 0.05) is 0 Å². The van der Waals surface area contributed by atoms with Crippen LogP contribution >= 0.6 is 22.7 Å². The van der Waals surface area contributed by atoms with Gasteiger partial charge in [-0.25, -0.2) is 0 Å². The molecule has 0 aliphatic rings. The molecule has 0 saturated carbocycles. The van der Waals surface area contributed by atoms with Crippen LogP contribution in [-0.4, -0.2) is 36.8 Å². The van der Waals surface area contributed by atoms with Crippen molar-refractivity contribution < 1.29 is 0 Å². The van der Waals surface area contributed by atoms with Crippen LogP contribution < -0.4 is 5.79 Å². The Labute approximate surface area is 217 Å². The van der Waals surface area contributed by atoms with Crippen molar-refractivity contribution in [2.24, 2.45) is 0 Å². The molecule has 32 heavy (non-hydrogen) atoms. The zero-order valence-corrected chi connectivity index (χ0v) is 30.1. The molecule has 0 N–H and O–H groups in total. The van der Waals surface area contributed by atoms with Crippen molar-refractivity contribution in [1.29, 1.82) is 0 Å². The SMILES string of the molecule is CCCCCCCCc1[c]([Sn]([CH3])([CH3])[CH3])sc2c(CCCCCCCC)[c]([Sn]([CH3])([CH3])[CH3])sc12. The van der Waals surface area contributed by atoms with Gasteiger partial charge in [0.2, 0.25) is 0 Å². The molecule has 0 saturated heterocycles. The number of aryl methyl sites for hydroxylation is 2. The number of hydrogen-bond donors (Lipinski definition) is 0. The molecule has 2 aromatic rings. The molecule has 0 amide bonds. The van der Waals surface area contributed by atoms with Gasteiger partial charge >= 0.3 is 219 Å². The summed E-state index contributed by atoms with van der Waals surface area (Å²) in [5, 5.41) is 0. The molecule has 0 atom stereocenters. The summed E-state index contributed by atoms with van der Waals surface area (Å²) in [4.78, 5) is 15.9. The summed E-state index contributed by atoms with van der Waals surface area (Å²) in [5.41, 5.74) is 3.67. The minimum absolute atomic E-state index is 1.35. The normalized spacial score (nSPS) is 12.9. The molecule has 0 unspecified atom stereocenters. The summed E-state index contributed by atoms with van der Waals surface area (Å²) >= 11 is 0.338. The topological polar surface area (TPSA) is 0 Å². The van der Waals surface area contributed by atoms with Crippen molar-refractivity contribution >= 4 is 74.6 Å². The van der Waals surface area contributed by atoms with Crippen LogP contribution in [0, 0.1) is 0 Å². The van der Waals surface area contributed by atoms with Crippen LogP contribution in [0.3, 0.4) is 0 Å². The quantitative estimate of drug-likeness (QED) is 0.122. The Kier molecular flexibility index (Phi) is 13.0. The minimum atomic E-state index is -2.11. The molecule has 184 valence electrons. The molecule has 0 nitrogen and oxygen atoms in total. The van der Waals surface area contributed by atoms with Crippen LogP contribution in [0.25, 0.3) is 9.40 Å². The van der Waals surface area contributed by atoms with Crippen molar-refractivity contribution in [2.75, 3.05) is 0 Å². The van der Waals surface area contributed by atoms with Crippen molar-refractivity contribution in [3.05, 3.63) is 11.1 Å². The van der Waals surface area contributed by atoms with Crippen molar-refractivity contribution in [1.82, 2.24) is 0 Å². The second kappa shape index (κ2) is 14.1. The fourth-order valence-corrected chi connectivity index (χ4v) is 22.1. The van der Waals surface area contributed by atoms with Crippen molar-refractivity contribution in [3.63, 3.8) is 0 Å². The van der Waals surface area contributed by atoms with Gasteiger partial charge in [-0.1, -0.05) is 0 Å². The fraction of sp³-hybridized carbons (Fsp3) is 0.786. The van der Waals surface area contributed by atoms with E-state index in [2.05, 4.69) is 66.2 Å². The van der Waals surface area contributed by atoms with E-state index in [1.165, 1.54) is 89.9 Å². The third-order valence-electron chi connectivity index (χ3n) is 6.63. The van der Waals surface area contributed by atoms with Gasteiger partial charge in [-0.3, -0.25) is 0 Å². The molecule has 2 aromatic heterocycles. The average molecular weight is 690 g/mol. The number of rotatable bonds is 16. The molecular formula is C28H52S2Sn2. The van der Waals surface area contributed by atoms with Gasteiger partial charge in [0.25, 0.3) is 0 Å². The average Bonchev–Trinajstić information content (AvgIpc) is 3.24. The summed E-state index contributed by atoms with van der Waals surface area (Å²) in [6, 6.07) is 0. The summed E-state index contributed by atoms with van der Waals surface area (Å²) in [7, 11) is 0. The first-order chi connectivity index (χ1) is 15.1. The Morgan fingerprint density at radius 1 is 0.469 bits per heavy atom. The predicted octanol–water partition coefficient (Wildman–Crippen LogP) is 9.86. The molecule has 4 heteroatoms. The van der Waals surface area contributed by atoms with Crippen molar-refractivity contribution in [2.45, 2.75) is 133 Å². The first-order valence-electron chi connectivity index (χ1n) is 13.7. The standard InChI is InChI=1S/C22H34S2.6CH3.2Sn/c1-3-5-7-9-11-13-15-19-17-23-22-20(18-24-21(19)22)16-14-12-10-8-6-4-2;;;;;;;;/h3-16H2,1-2H3;6*1H3;;. The molecule has 0 aliphatic carbocycles. The Balaban J connectivity index is 2.28. The van der Waals surface area contributed by atoms with E-state index in [9.17, 15) is 0 Å². The van der Waals surface area contributed by atoms with E-state index >= 15 is 0 Å². The van der Waals surface area contributed by atoms with E-state index in [1.54, 1.807) is 9.40 Å². The number of thiophene rings is 2. The van der Waals surface area contributed by atoms with Crippen LogP contribution in [0.1, 0.15) is 102 Å². The first-order valence-corrected chi connectivity index (χ1v) is 35.3. The molecule has 0 fully saturated rings. The maximum atomic E-state index is 2.64. The number of fused-ring (bicyclic) bond motifs is 1. The van der Waals surface area contributed by atoms with Gasteiger partial charge in [-0.2, -0.15) is 0 Å². The van der Waals surface area contributed by atoms with E-state index in [0.29, 0.717) is 0 Å². The third kappa shape index (κ3) is 8.73. The van der Waals surface area contributed by atoms with Gasteiger partial charge < -0.3 is 0 Å². The zero-order chi connectivity index (χ0) is 23.8. The molecule has 0 aromatic carbocycles. The second-order valence-electron chi connectivity index (χ2n) is 12.0. The van der Waals surface area contributed by atoms with E-state index in [1.807, 2.05) is 16.9 Å². The molecule has 2 rings (SSSR count). The summed E-state index contributed by atoms with van der Waals surface area (Å²) < 4.78 is 7.31. The van der Waals surface area contributed by atoms with E-state index < -0.39 is 36.8 Å². The van der Waals surface area contributed by atoms with E-state index in [4.69, 9.17) is 0 Å². The molecule has 2 heterocycles. The Morgan fingerprint density at radius 2 is 0.781 bits per heavy atom. The van der Waals surface area contributed by atoms with Gasteiger partial charge in [0.05, 0.1) is 0 Å². The van der Waals surface area contributed by atoms with Gasteiger partial charge in [-0.05, 0) is 0 Å². The molecular weight excluding hydrogens is 638 g/mol. The zero-order valence-electron chi connectivity index (χ0n) is 22.7. The summed E-state index contributed by atoms with van der Waals surface area (Å²) in [6.07, 6.45) is 19.7. The fourth-order valence-electron chi connectivity index (χ4n) is 4.85. The third-order valence-corrected chi connectivity index (χ3v) is 28.4. The summed E-state index contributed by atoms with van der Waals surface area (Å²) in [6.45, 7) is 4.64. The van der Waals surface area contributed by atoms with Gasteiger partial charge in [0.15, 0.2) is 0 Å². The van der Waals surface area contributed by atoms with E-state index in [-0.39, 0.29) is 0 Å². The monoisotopic (exact) mass is 692 g/mol. The van der Waals surface area contributed by atoms with Crippen LogP contribution in [0.2, 0.25) is 29.6 Å². The predicted molar refractivity (Wildman–Crippen MR) is 160 cm³/mol. The maximum absolute atomic E-state index is 2.64. The van der Waals surface area contributed by atoms with Crippen LogP contribution in [0.4, 0.5) is 0 Å². The number of hydrogen-bond acceptors (Lipinski definition) is 2. The number of unbranched alkanes of at least 4 members (excludes halogenated alkanes) is 10. The van der Waals surface area contributed by atoms with E-state index in [0.717, 1.165) is 0 Å². The molecule has 0 bridgehead atoms. The van der Waals surface area contributed by atoms with Gasteiger partial charge in [0.1, 0.15) is 0 Å². The Bertz CT molecular complexity index is 734. The Morgan fingerprint density at radius 3 is 1.09 bits per heavy atom. The van der Waals surface area contributed by atoms with Crippen LogP contribution in [-0.2, 0) is 12.8 Å². The van der Waals surface area contributed by atoms with Crippen LogP contribution in [0.15, 0.2) is 0 Å². The Hall–Kier alpha value is 1.26. The summed E-state index contributed by atoms with van der Waals surface area (Å²) in [5.74, 6) is 0. The van der Waals surface area contributed by atoms with Gasteiger partial charge in [-0.15, -0.1) is 0 Å². The first kappa shape index (κ1) is 29.5. The van der Waals surface area contributed by atoms with Crippen molar-refractivity contribution in [3.8, 4) is 0 Å². The van der Waals surface area contributed by atoms with Crippen LogP contribution in [0.5, 0.6) is 0 Å². The molecule has 0 spiro atoms.